The molecule has 3 rings (SSSR count). The molecule has 2 aromatic rings. The number of aromatic nitrogens is 2. The van der Waals surface area contributed by atoms with Crippen LogP contribution in [0.2, 0.25) is 0 Å². The first kappa shape index (κ1) is 25.9. The maximum Gasteiger partial charge on any atom is 0.414 e. The second-order valence-corrected chi connectivity index (χ2v) is 5.87. The number of anilines is 1. The Morgan fingerprint density at radius 3 is 2.83 bits per heavy atom. The Bertz CT molecular complexity index is 862. The largest absolute Gasteiger partial charge is 0.674 e. The van der Waals surface area contributed by atoms with Gasteiger partial charge in [-0.3, -0.25) is 15.1 Å². The summed E-state index contributed by atoms with van der Waals surface area (Å²) in [5.74, 6) is -0.570. The third-order valence-corrected chi connectivity index (χ3v) is 3.85. The number of nitrogens with two attached hydrogens (primary N) is 1. The molecule has 0 spiro atoms. The van der Waals surface area contributed by atoms with E-state index in [9.17, 15) is 9.18 Å². The summed E-state index contributed by atoms with van der Waals surface area (Å²) in [6, 6.07) is 4.29. The fraction of sp³-hybridized carbons (Fsp3) is 0.278. The van der Waals surface area contributed by atoms with E-state index in [-0.39, 0.29) is 51.5 Å². The number of nitrogens with zero attached hydrogens (tertiary/aromatic N) is 4. The summed E-state index contributed by atoms with van der Waals surface area (Å²) in [6.45, 7) is 0.668. The van der Waals surface area contributed by atoms with E-state index in [0.717, 1.165) is 0 Å². The van der Waals surface area contributed by atoms with E-state index in [1.807, 2.05) is 4.57 Å². The van der Waals surface area contributed by atoms with Crippen LogP contribution in [-0.2, 0) is 48.9 Å². The molecule has 1 radical (unpaired) electrons. The number of amides is 1. The number of rotatable bonds is 6. The molecule has 1 saturated heterocycles. The number of imidazole rings is 1. The van der Waals surface area contributed by atoms with Crippen LogP contribution in [0.3, 0.4) is 0 Å². The van der Waals surface area contributed by atoms with Crippen molar-refractivity contribution >= 4 is 23.7 Å². The minimum absolute atomic E-state index is 0. The molecule has 0 aliphatic carbocycles. The van der Waals surface area contributed by atoms with Gasteiger partial charge in [0.05, 0.1) is 37.9 Å². The fourth-order valence-electron chi connectivity index (χ4n) is 2.49. The first-order valence-electron chi connectivity index (χ1n) is 8.52. The third kappa shape index (κ3) is 7.26. The standard InChI is InChI=1S/C17H18FN6O2.CH4O2.Y/c18-15-5-13(24-10-14(7-20)26-17(24)25)1-2-16(15)22-8-12(6-19)9-23-4-3-21-11-23;1-3-2;/h1-6,8,11,14,20H,7,9-10,19H2;2H,1H3;/q-1;;/b12-6+,22-8?;;. The number of allylic oxidation sites excluding steroid dienone is 1. The molecule has 1 fully saturated rings. The van der Waals surface area contributed by atoms with Crippen molar-refractivity contribution in [2.24, 2.45) is 10.7 Å². The van der Waals surface area contributed by atoms with Gasteiger partial charge >= 0.3 is 6.09 Å². The summed E-state index contributed by atoms with van der Waals surface area (Å²) >= 11 is 0. The van der Waals surface area contributed by atoms with E-state index in [2.05, 4.69) is 14.9 Å². The molecule has 159 valence electrons. The quantitative estimate of drug-likeness (QED) is 0.360. The third-order valence-electron chi connectivity index (χ3n) is 3.85. The number of carbonyl (C=O) groups excluding carboxylic acids is 1. The smallest absolute Gasteiger partial charge is 0.414 e. The second-order valence-electron chi connectivity index (χ2n) is 5.87. The molecule has 1 aliphatic heterocycles. The Balaban J connectivity index is 0.00000106. The van der Waals surface area contributed by atoms with Crippen LogP contribution in [0.15, 0.2) is 53.7 Å². The zero-order chi connectivity index (χ0) is 21.2. The van der Waals surface area contributed by atoms with E-state index < -0.39 is 18.0 Å². The van der Waals surface area contributed by atoms with E-state index in [0.29, 0.717) is 17.8 Å². The number of aliphatic imine (C=N–C) groups is 1. The number of benzene rings is 1. The van der Waals surface area contributed by atoms with Crippen LogP contribution < -0.4 is 10.6 Å². The summed E-state index contributed by atoms with van der Waals surface area (Å²) in [7, 11) is 1.18. The Kier molecular flexibility index (Phi) is 11.4. The molecule has 10 nitrogen and oxygen atoms in total. The van der Waals surface area contributed by atoms with Gasteiger partial charge in [-0.05, 0) is 18.2 Å². The van der Waals surface area contributed by atoms with Crippen molar-refractivity contribution in [3.8, 4) is 0 Å². The Hall–Kier alpha value is -2.18. The van der Waals surface area contributed by atoms with Crippen molar-refractivity contribution in [3.63, 3.8) is 0 Å². The number of cyclic esters (lactones) is 1. The zero-order valence-corrected chi connectivity index (χ0v) is 19.1. The van der Waals surface area contributed by atoms with Crippen LogP contribution in [-0.4, -0.2) is 53.4 Å². The van der Waals surface area contributed by atoms with Crippen molar-refractivity contribution in [1.29, 1.82) is 0 Å². The van der Waals surface area contributed by atoms with Crippen molar-refractivity contribution in [2.75, 3.05) is 25.1 Å². The first-order valence-corrected chi connectivity index (χ1v) is 8.52. The average molecular weight is 494 g/mol. The summed E-state index contributed by atoms with van der Waals surface area (Å²) in [5.41, 5.74) is 14.1. The minimum Gasteiger partial charge on any atom is -0.674 e. The van der Waals surface area contributed by atoms with Gasteiger partial charge in [0.2, 0.25) is 0 Å². The number of hydrogen-bond acceptors (Lipinski definition) is 7. The van der Waals surface area contributed by atoms with Crippen LogP contribution in [0.25, 0.3) is 5.73 Å². The van der Waals surface area contributed by atoms with E-state index in [1.54, 1.807) is 24.8 Å². The molecule has 1 aromatic carbocycles. The number of halogens is 1. The summed E-state index contributed by atoms with van der Waals surface area (Å²) < 4.78 is 21.2. The number of carbonyl (C=O) groups is 1. The van der Waals surface area contributed by atoms with Gasteiger partial charge in [-0.25, -0.2) is 19.1 Å². The van der Waals surface area contributed by atoms with Crippen LogP contribution in [0.4, 0.5) is 20.6 Å². The molecule has 1 atom stereocenters. The number of ether oxygens (including phenoxy) is 1. The average Bonchev–Trinajstić information content (AvgIpc) is 3.35. The van der Waals surface area contributed by atoms with E-state index in [1.165, 1.54) is 36.6 Å². The predicted octanol–water partition coefficient (Wildman–Crippen LogP) is 2.75. The van der Waals surface area contributed by atoms with Crippen molar-refractivity contribution in [1.82, 2.24) is 9.55 Å². The van der Waals surface area contributed by atoms with Gasteiger partial charge in [-0.1, -0.05) is 0 Å². The monoisotopic (exact) mass is 494 g/mol. The summed E-state index contributed by atoms with van der Waals surface area (Å²) in [6.07, 6.45) is 6.89. The van der Waals surface area contributed by atoms with Gasteiger partial charge in [0.1, 0.15) is 6.10 Å². The molecular weight excluding hydrogens is 472 g/mol. The SMILES string of the molecule is COO.[NH-]CC1CN(c2ccc(N=C/C(=C\N)Cn3ccnc3)c(F)c2)C(=O)O1.[Y]. The number of nitrogens with one attached hydrogen (secondary N) is 1. The molecule has 0 saturated carbocycles. The Morgan fingerprint density at radius 2 is 2.30 bits per heavy atom. The van der Waals surface area contributed by atoms with Crippen molar-refractivity contribution in [3.05, 3.63) is 60.2 Å². The summed E-state index contributed by atoms with van der Waals surface area (Å²) in [4.78, 5) is 24.4. The van der Waals surface area contributed by atoms with Gasteiger partial charge in [0.15, 0.2) is 5.82 Å². The molecule has 12 heteroatoms. The predicted molar refractivity (Wildman–Crippen MR) is 105 cm³/mol. The zero-order valence-electron chi connectivity index (χ0n) is 16.3. The Morgan fingerprint density at radius 1 is 1.57 bits per heavy atom. The van der Waals surface area contributed by atoms with Gasteiger partial charge in [0, 0.05) is 63.1 Å². The molecule has 2 heterocycles. The van der Waals surface area contributed by atoms with Crippen LogP contribution in [0, 0.1) is 5.82 Å². The second kappa shape index (κ2) is 13.2. The van der Waals surface area contributed by atoms with Gasteiger partial charge in [0.25, 0.3) is 0 Å². The molecule has 4 N–H and O–H groups in total. The van der Waals surface area contributed by atoms with Gasteiger partial charge in [-0.2, -0.15) is 0 Å². The maximum absolute atomic E-state index is 14.3. The maximum atomic E-state index is 14.3. The van der Waals surface area contributed by atoms with Crippen molar-refractivity contribution < 1.29 is 56.8 Å². The van der Waals surface area contributed by atoms with Crippen LogP contribution >= 0.6 is 0 Å². The van der Waals surface area contributed by atoms with Gasteiger partial charge < -0.3 is 20.8 Å². The molecule has 0 bridgehead atoms. The van der Waals surface area contributed by atoms with E-state index in [4.69, 9.17) is 21.5 Å². The van der Waals surface area contributed by atoms with E-state index >= 15 is 0 Å². The molecule has 1 aromatic heterocycles. The normalized spacial score (nSPS) is 16.1. The fourth-order valence-corrected chi connectivity index (χ4v) is 2.49. The van der Waals surface area contributed by atoms with Gasteiger partial charge in [-0.15, -0.1) is 6.54 Å². The minimum atomic E-state index is -0.577. The first-order chi connectivity index (χ1) is 14.0. The Labute approximate surface area is 198 Å². The molecule has 1 amide bonds. The summed E-state index contributed by atoms with van der Waals surface area (Å²) in [5, 5.41) is 7.07. The molecule has 1 unspecified atom stereocenters. The van der Waals surface area contributed by atoms with Crippen LogP contribution in [0.1, 0.15) is 0 Å². The molecular formula is C18H22FN6O4Y-. The number of hydrogen-bond donors (Lipinski definition) is 2. The molecule has 30 heavy (non-hydrogen) atoms. The topological polar surface area (TPSA) is 139 Å². The van der Waals surface area contributed by atoms with Crippen LogP contribution in [0.5, 0.6) is 0 Å². The van der Waals surface area contributed by atoms with Crippen molar-refractivity contribution in [2.45, 2.75) is 12.6 Å². The molecule has 1 aliphatic rings.